The van der Waals surface area contributed by atoms with E-state index in [0.29, 0.717) is 6.42 Å². The van der Waals surface area contributed by atoms with Crippen molar-refractivity contribution < 1.29 is 5.11 Å². The molecule has 0 bridgehead atoms. The van der Waals surface area contributed by atoms with Crippen molar-refractivity contribution in [3.05, 3.63) is 11.6 Å². The number of rotatable bonds is 3. The minimum Gasteiger partial charge on any atom is -0.393 e. The summed E-state index contributed by atoms with van der Waals surface area (Å²) in [5.74, 6) is 0. The van der Waals surface area contributed by atoms with Gasteiger partial charge in [0.1, 0.15) is 0 Å². The van der Waals surface area contributed by atoms with E-state index in [2.05, 4.69) is 0 Å². The first kappa shape index (κ1) is 7.99. The highest BCUT2D eigenvalue weighted by Gasteiger charge is 1.93. The van der Waals surface area contributed by atoms with Crippen molar-refractivity contribution in [3.63, 3.8) is 0 Å². The third-order valence-electron chi connectivity index (χ3n) is 0.968. The van der Waals surface area contributed by atoms with Crippen LogP contribution in [-0.2, 0) is 0 Å². The molecule has 48 valence electrons. The fraction of sp³-hybridized carbons (Fsp3) is 0.667. The van der Waals surface area contributed by atoms with E-state index in [9.17, 15) is 0 Å². The van der Waals surface area contributed by atoms with Gasteiger partial charge >= 0.3 is 0 Å². The second-order valence-corrected chi connectivity index (χ2v) is 1.91. The van der Waals surface area contributed by atoms with Gasteiger partial charge in [-0.25, -0.2) is 0 Å². The quantitative estimate of drug-likeness (QED) is 0.625. The van der Waals surface area contributed by atoms with Crippen molar-refractivity contribution in [2.75, 3.05) is 0 Å². The van der Waals surface area contributed by atoms with Gasteiger partial charge in [-0.1, -0.05) is 24.6 Å². The van der Waals surface area contributed by atoms with Crippen molar-refractivity contribution in [2.24, 2.45) is 0 Å². The normalized spacial score (nSPS) is 14.9. The van der Waals surface area contributed by atoms with E-state index < -0.39 is 0 Å². The molecular weight excluding hydrogens is 124 g/mol. The third-order valence-corrected chi connectivity index (χ3v) is 1.15. The number of aliphatic hydroxyl groups excluding tert-OH is 1. The summed E-state index contributed by atoms with van der Waals surface area (Å²) in [7, 11) is 0. The van der Waals surface area contributed by atoms with Crippen LogP contribution in [-0.4, -0.2) is 11.2 Å². The molecule has 1 atom stereocenters. The third kappa shape index (κ3) is 4.16. The van der Waals surface area contributed by atoms with E-state index in [1.54, 1.807) is 6.08 Å². The SMILES string of the molecule is CC[C@H](O)C/C=C\Cl. The van der Waals surface area contributed by atoms with Gasteiger partial charge < -0.3 is 5.11 Å². The molecule has 0 aromatic carbocycles. The summed E-state index contributed by atoms with van der Waals surface area (Å²) in [5, 5.41) is 8.88. The molecule has 0 rings (SSSR count). The van der Waals surface area contributed by atoms with Crippen molar-refractivity contribution >= 4 is 11.6 Å². The monoisotopic (exact) mass is 134 g/mol. The molecule has 1 N–H and O–H groups in total. The second kappa shape index (κ2) is 5.13. The van der Waals surface area contributed by atoms with Gasteiger partial charge in [-0.3, -0.25) is 0 Å². The molecule has 0 radical (unpaired) electrons. The van der Waals surface area contributed by atoms with Crippen LogP contribution < -0.4 is 0 Å². The lowest BCUT2D eigenvalue weighted by Gasteiger charge is -1.99. The Morgan fingerprint density at radius 2 is 2.38 bits per heavy atom. The Morgan fingerprint density at radius 1 is 1.75 bits per heavy atom. The van der Waals surface area contributed by atoms with Crippen molar-refractivity contribution in [1.82, 2.24) is 0 Å². The lowest BCUT2D eigenvalue weighted by atomic mass is 10.2. The first-order valence-corrected chi connectivity index (χ1v) is 3.18. The second-order valence-electron chi connectivity index (χ2n) is 1.66. The molecular formula is C6H11ClO. The lowest BCUT2D eigenvalue weighted by Crippen LogP contribution is -2.00. The molecule has 0 amide bonds. The topological polar surface area (TPSA) is 20.2 Å². The molecule has 0 aliphatic carbocycles. The maximum atomic E-state index is 8.88. The van der Waals surface area contributed by atoms with Crippen molar-refractivity contribution in [2.45, 2.75) is 25.9 Å². The predicted octanol–water partition coefficient (Wildman–Crippen LogP) is 1.90. The molecule has 0 saturated heterocycles. The zero-order valence-electron chi connectivity index (χ0n) is 4.97. The largest absolute Gasteiger partial charge is 0.393 e. The first-order valence-electron chi connectivity index (χ1n) is 2.74. The van der Waals surface area contributed by atoms with E-state index in [4.69, 9.17) is 16.7 Å². The van der Waals surface area contributed by atoms with Crippen molar-refractivity contribution in [1.29, 1.82) is 0 Å². The average Bonchev–Trinajstić information content (AvgIpc) is 1.83. The highest BCUT2D eigenvalue weighted by molar-refractivity contribution is 6.25. The van der Waals surface area contributed by atoms with Gasteiger partial charge in [-0.15, -0.1) is 0 Å². The van der Waals surface area contributed by atoms with Crippen LogP contribution in [0, 0.1) is 0 Å². The molecule has 2 heteroatoms. The molecule has 0 aliphatic rings. The van der Waals surface area contributed by atoms with Gasteiger partial charge in [0.25, 0.3) is 0 Å². The Labute approximate surface area is 55.0 Å². The summed E-state index contributed by atoms with van der Waals surface area (Å²) in [6, 6.07) is 0. The van der Waals surface area contributed by atoms with Crippen LogP contribution in [0.2, 0.25) is 0 Å². The minimum atomic E-state index is -0.218. The Bertz CT molecular complexity index is 70.9. The van der Waals surface area contributed by atoms with Crippen LogP contribution in [0.15, 0.2) is 11.6 Å². The van der Waals surface area contributed by atoms with E-state index in [-0.39, 0.29) is 6.10 Å². The summed E-state index contributed by atoms with van der Waals surface area (Å²) in [6.45, 7) is 1.94. The molecule has 0 aliphatic heterocycles. The van der Waals surface area contributed by atoms with Gasteiger partial charge in [-0.2, -0.15) is 0 Å². The Morgan fingerprint density at radius 3 is 2.75 bits per heavy atom. The molecule has 0 fully saturated rings. The summed E-state index contributed by atoms with van der Waals surface area (Å²) in [4.78, 5) is 0. The molecule has 0 aromatic heterocycles. The molecule has 0 spiro atoms. The molecule has 0 unspecified atom stereocenters. The fourth-order valence-corrected chi connectivity index (χ4v) is 0.478. The van der Waals surface area contributed by atoms with Gasteiger partial charge in [-0.05, 0) is 12.8 Å². The maximum absolute atomic E-state index is 8.88. The highest BCUT2D eigenvalue weighted by atomic mass is 35.5. The smallest absolute Gasteiger partial charge is 0.0572 e. The summed E-state index contributed by atoms with van der Waals surface area (Å²) in [5.41, 5.74) is 1.43. The number of aliphatic hydroxyl groups is 1. The Balaban J connectivity index is 3.10. The van der Waals surface area contributed by atoms with Gasteiger partial charge in [0.2, 0.25) is 0 Å². The standard InChI is InChI=1S/C6H11ClO/c1-2-6(8)4-3-5-7/h3,5-6,8H,2,4H2,1H3/b5-3-/t6-/m0/s1. The van der Waals surface area contributed by atoms with Crippen LogP contribution >= 0.6 is 11.6 Å². The lowest BCUT2D eigenvalue weighted by molar-refractivity contribution is 0.174. The first-order chi connectivity index (χ1) is 3.81. The fourth-order valence-electron chi connectivity index (χ4n) is 0.375. The maximum Gasteiger partial charge on any atom is 0.0572 e. The molecule has 1 nitrogen and oxygen atoms in total. The van der Waals surface area contributed by atoms with Gasteiger partial charge in [0.05, 0.1) is 6.10 Å². The van der Waals surface area contributed by atoms with E-state index >= 15 is 0 Å². The zero-order valence-corrected chi connectivity index (χ0v) is 5.73. The van der Waals surface area contributed by atoms with Crippen molar-refractivity contribution in [3.8, 4) is 0 Å². The molecule has 0 saturated carbocycles. The summed E-state index contributed by atoms with van der Waals surface area (Å²) >= 11 is 5.21. The highest BCUT2D eigenvalue weighted by Crippen LogP contribution is 1.97. The van der Waals surface area contributed by atoms with E-state index in [1.165, 1.54) is 5.54 Å². The Kier molecular flexibility index (Phi) is 5.13. The van der Waals surface area contributed by atoms with Crippen LogP contribution in [0.25, 0.3) is 0 Å². The minimum absolute atomic E-state index is 0.218. The van der Waals surface area contributed by atoms with Gasteiger partial charge in [0, 0.05) is 5.54 Å². The van der Waals surface area contributed by atoms with E-state index in [0.717, 1.165) is 6.42 Å². The molecule has 0 heterocycles. The van der Waals surface area contributed by atoms with Crippen LogP contribution in [0.1, 0.15) is 19.8 Å². The number of halogens is 1. The Hall–Kier alpha value is -0.0100. The predicted molar refractivity (Wildman–Crippen MR) is 35.9 cm³/mol. The summed E-state index contributed by atoms with van der Waals surface area (Å²) < 4.78 is 0. The summed E-state index contributed by atoms with van der Waals surface area (Å²) in [6.07, 6.45) is 2.99. The number of hydrogen-bond acceptors (Lipinski definition) is 1. The molecule has 8 heavy (non-hydrogen) atoms. The zero-order chi connectivity index (χ0) is 6.41. The van der Waals surface area contributed by atoms with Crippen LogP contribution in [0.3, 0.4) is 0 Å². The van der Waals surface area contributed by atoms with Gasteiger partial charge in [0.15, 0.2) is 0 Å². The van der Waals surface area contributed by atoms with Crippen LogP contribution in [0.4, 0.5) is 0 Å². The van der Waals surface area contributed by atoms with Crippen LogP contribution in [0.5, 0.6) is 0 Å². The molecule has 0 aromatic rings. The van der Waals surface area contributed by atoms with E-state index in [1.807, 2.05) is 6.92 Å². The average molecular weight is 135 g/mol. The number of hydrogen-bond donors (Lipinski definition) is 1.